The molecule has 4 N–H and O–H groups in total. The summed E-state index contributed by atoms with van der Waals surface area (Å²) < 4.78 is 18.3. The maximum absolute atomic E-state index is 13.2. The lowest BCUT2D eigenvalue weighted by Gasteiger charge is -2.12. The lowest BCUT2D eigenvalue weighted by molar-refractivity contribution is 0.0926. The molecule has 0 radical (unpaired) electrons. The molecule has 0 saturated carbocycles. The Morgan fingerprint density at radius 3 is 2.78 bits per heavy atom. The van der Waals surface area contributed by atoms with E-state index in [-0.39, 0.29) is 17.5 Å². The summed E-state index contributed by atoms with van der Waals surface area (Å²) in [5.74, 6) is 0.433. The molecule has 2 heterocycles. The molecule has 3 rings (SSSR count). The van der Waals surface area contributed by atoms with Crippen molar-refractivity contribution < 1.29 is 13.6 Å². The number of aromatic nitrogens is 1. The molecule has 0 fully saturated rings. The van der Waals surface area contributed by atoms with Gasteiger partial charge in [0.2, 0.25) is 0 Å². The maximum Gasteiger partial charge on any atom is 0.287 e. The first kappa shape index (κ1) is 18.5. The molecule has 7 nitrogen and oxygen atoms in total. The van der Waals surface area contributed by atoms with Crippen LogP contribution >= 0.6 is 0 Å². The largest absolute Gasteiger partial charge is 0.459 e. The first-order chi connectivity index (χ1) is 13.2. The highest BCUT2D eigenvalue weighted by molar-refractivity contribution is 5.91. The van der Waals surface area contributed by atoms with E-state index in [1.807, 2.05) is 6.20 Å². The van der Waals surface area contributed by atoms with Crippen molar-refractivity contribution in [1.82, 2.24) is 20.9 Å². The van der Waals surface area contributed by atoms with E-state index in [9.17, 15) is 9.18 Å². The first-order valence-corrected chi connectivity index (χ1v) is 8.69. The van der Waals surface area contributed by atoms with E-state index >= 15 is 0 Å². The fourth-order valence-electron chi connectivity index (χ4n) is 2.75. The van der Waals surface area contributed by atoms with Crippen LogP contribution in [0.15, 0.2) is 52.2 Å². The summed E-state index contributed by atoms with van der Waals surface area (Å²) in [4.78, 5) is 19.0. The zero-order valence-corrected chi connectivity index (χ0v) is 15.0. The summed E-state index contributed by atoms with van der Waals surface area (Å²) in [5, 5.41) is 10.1. The van der Waals surface area contributed by atoms with Crippen molar-refractivity contribution in [2.24, 2.45) is 4.99 Å². The second-order valence-corrected chi connectivity index (χ2v) is 5.91. The monoisotopic (exact) mass is 371 g/mol. The lowest BCUT2D eigenvalue weighted by Crippen LogP contribution is -2.42. The van der Waals surface area contributed by atoms with E-state index in [0.29, 0.717) is 25.6 Å². The van der Waals surface area contributed by atoms with Gasteiger partial charge in [0.15, 0.2) is 11.7 Å². The van der Waals surface area contributed by atoms with E-state index < -0.39 is 0 Å². The van der Waals surface area contributed by atoms with Crippen LogP contribution in [0.2, 0.25) is 0 Å². The number of hydrogen-bond acceptors (Lipinski definition) is 3. The number of rotatable bonds is 7. The highest BCUT2D eigenvalue weighted by Crippen LogP contribution is 2.19. The third-order valence-electron chi connectivity index (χ3n) is 4.09. The number of aliphatic imine (C=N–C) groups is 1. The number of furan rings is 1. The van der Waals surface area contributed by atoms with Crippen LogP contribution in [0.3, 0.4) is 0 Å². The van der Waals surface area contributed by atoms with Crippen molar-refractivity contribution in [2.75, 3.05) is 26.7 Å². The molecule has 0 bridgehead atoms. The Morgan fingerprint density at radius 1 is 1.19 bits per heavy atom. The summed E-state index contributed by atoms with van der Waals surface area (Å²) in [5.41, 5.74) is 1.90. The Hall–Kier alpha value is -3.29. The number of nitrogens with zero attached hydrogens (tertiary/aromatic N) is 1. The van der Waals surface area contributed by atoms with E-state index in [1.54, 1.807) is 25.2 Å². The normalized spacial score (nSPS) is 11.6. The van der Waals surface area contributed by atoms with Gasteiger partial charge in [-0.25, -0.2) is 4.39 Å². The SMILES string of the molecule is CN=C(NCCNC(=O)c1ccco1)NCCc1c[nH]c2cc(F)ccc12. The molecule has 3 aromatic rings. The van der Waals surface area contributed by atoms with Crippen LogP contribution in [0.1, 0.15) is 16.1 Å². The number of carbonyl (C=O) groups excluding carboxylic acids is 1. The Bertz CT molecular complexity index is 917. The lowest BCUT2D eigenvalue weighted by atomic mass is 10.1. The van der Waals surface area contributed by atoms with Crippen molar-refractivity contribution in [3.8, 4) is 0 Å². The van der Waals surface area contributed by atoms with Gasteiger partial charge in [-0.1, -0.05) is 0 Å². The summed E-state index contributed by atoms with van der Waals surface area (Å²) in [7, 11) is 1.69. The zero-order chi connectivity index (χ0) is 19.1. The van der Waals surface area contributed by atoms with Crippen LogP contribution in [0.4, 0.5) is 4.39 Å². The summed E-state index contributed by atoms with van der Waals surface area (Å²) in [6, 6.07) is 8.02. The molecule has 0 saturated heterocycles. The van der Waals surface area contributed by atoms with Crippen LogP contribution in [-0.2, 0) is 6.42 Å². The Labute approximate surface area is 156 Å². The molecule has 2 aromatic heterocycles. The molecule has 27 heavy (non-hydrogen) atoms. The van der Waals surface area contributed by atoms with Gasteiger partial charge < -0.3 is 25.4 Å². The van der Waals surface area contributed by atoms with Gasteiger partial charge in [0.25, 0.3) is 5.91 Å². The van der Waals surface area contributed by atoms with Gasteiger partial charge in [-0.15, -0.1) is 0 Å². The third-order valence-corrected chi connectivity index (χ3v) is 4.09. The van der Waals surface area contributed by atoms with Gasteiger partial charge >= 0.3 is 0 Å². The molecule has 0 spiro atoms. The second-order valence-electron chi connectivity index (χ2n) is 5.91. The minimum atomic E-state index is -0.252. The van der Waals surface area contributed by atoms with E-state index in [4.69, 9.17) is 4.42 Å². The van der Waals surface area contributed by atoms with Gasteiger partial charge in [-0.3, -0.25) is 9.79 Å². The number of carbonyl (C=O) groups is 1. The van der Waals surface area contributed by atoms with E-state index in [0.717, 1.165) is 22.9 Å². The molecular formula is C19H22FN5O2. The minimum Gasteiger partial charge on any atom is -0.459 e. The minimum absolute atomic E-state index is 0.250. The number of nitrogens with one attached hydrogen (secondary N) is 4. The summed E-state index contributed by atoms with van der Waals surface area (Å²) >= 11 is 0. The molecule has 0 unspecified atom stereocenters. The molecule has 1 amide bonds. The maximum atomic E-state index is 13.2. The van der Waals surface area contributed by atoms with Crippen LogP contribution < -0.4 is 16.0 Å². The number of H-pyrrole nitrogens is 1. The number of amides is 1. The van der Waals surface area contributed by atoms with Crippen LogP contribution in [0, 0.1) is 5.82 Å². The fraction of sp³-hybridized carbons (Fsp3) is 0.263. The fourth-order valence-corrected chi connectivity index (χ4v) is 2.75. The Kier molecular flexibility index (Phi) is 6.09. The molecule has 8 heteroatoms. The molecule has 0 aliphatic carbocycles. The predicted octanol–water partition coefficient (Wildman–Crippen LogP) is 2.04. The van der Waals surface area contributed by atoms with Gasteiger partial charge in [0.05, 0.1) is 6.26 Å². The van der Waals surface area contributed by atoms with Crippen molar-refractivity contribution in [1.29, 1.82) is 0 Å². The number of guanidine groups is 1. The van der Waals surface area contributed by atoms with Crippen LogP contribution in [-0.4, -0.2) is 43.5 Å². The van der Waals surface area contributed by atoms with Crippen LogP contribution in [0.25, 0.3) is 10.9 Å². The number of aromatic amines is 1. The molecule has 0 atom stereocenters. The average Bonchev–Trinajstić information content (AvgIpc) is 3.33. The molecule has 142 valence electrons. The average molecular weight is 371 g/mol. The van der Waals surface area contributed by atoms with Gasteiger partial charge in [0, 0.05) is 43.8 Å². The summed E-state index contributed by atoms with van der Waals surface area (Å²) in [6.07, 6.45) is 4.12. The number of hydrogen-bond donors (Lipinski definition) is 4. The number of halogens is 1. The van der Waals surface area contributed by atoms with Crippen molar-refractivity contribution in [2.45, 2.75) is 6.42 Å². The van der Waals surface area contributed by atoms with Crippen molar-refractivity contribution in [3.05, 3.63) is 59.9 Å². The van der Waals surface area contributed by atoms with Gasteiger partial charge in [-0.05, 0) is 42.3 Å². The third kappa shape index (κ3) is 4.87. The summed E-state index contributed by atoms with van der Waals surface area (Å²) in [6.45, 7) is 1.63. The molecule has 0 aliphatic rings. The highest BCUT2D eigenvalue weighted by Gasteiger charge is 2.07. The van der Waals surface area contributed by atoms with E-state index in [2.05, 4.69) is 25.9 Å². The predicted molar refractivity (Wildman–Crippen MR) is 102 cm³/mol. The van der Waals surface area contributed by atoms with Gasteiger partial charge in [0.1, 0.15) is 5.82 Å². The van der Waals surface area contributed by atoms with E-state index in [1.165, 1.54) is 18.4 Å². The van der Waals surface area contributed by atoms with Crippen LogP contribution in [0.5, 0.6) is 0 Å². The Balaban J connectivity index is 1.39. The smallest absolute Gasteiger partial charge is 0.287 e. The van der Waals surface area contributed by atoms with Crippen molar-refractivity contribution >= 4 is 22.8 Å². The molecule has 1 aromatic carbocycles. The van der Waals surface area contributed by atoms with Gasteiger partial charge in [-0.2, -0.15) is 0 Å². The highest BCUT2D eigenvalue weighted by atomic mass is 19.1. The second kappa shape index (κ2) is 8.88. The molecule has 0 aliphatic heterocycles. The number of fused-ring (bicyclic) bond motifs is 1. The molecular weight excluding hydrogens is 349 g/mol. The quantitative estimate of drug-likeness (QED) is 0.290. The first-order valence-electron chi connectivity index (χ1n) is 8.69. The topological polar surface area (TPSA) is 94.4 Å². The van der Waals surface area contributed by atoms with Crippen molar-refractivity contribution in [3.63, 3.8) is 0 Å². The Morgan fingerprint density at radius 2 is 2.00 bits per heavy atom. The zero-order valence-electron chi connectivity index (χ0n) is 15.0. The standard InChI is InChI=1S/C19H22FN5O2/c1-21-19(24-9-8-22-18(26)17-3-2-10-27-17)23-7-6-13-12-25-16-11-14(20)4-5-15(13)16/h2-5,10-12,25H,6-9H2,1H3,(H,22,26)(H2,21,23,24). The number of benzene rings is 1.